The second-order valence-electron chi connectivity index (χ2n) is 4.16. The van der Waals surface area contributed by atoms with Crippen LogP contribution >= 0.6 is 27.3 Å². The number of aromatic nitrogens is 2. The molecule has 1 unspecified atom stereocenters. The van der Waals surface area contributed by atoms with Crippen molar-refractivity contribution in [2.75, 3.05) is 0 Å². The van der Waals surface area contributed by atoms with E-state index in [0.717, 1.165) is 14.2 Å². The third-order valence-electron chi connectivity index (χ3n) is 2.73. The second-order valence-corrected chi connectivity index (χ2v) is 6.67. The molecule has 2 rings (SSSR count). The zero-order chi connectivity index (χ0) is 13.8. The Bertz CT molecular complexity index is 553. The first-order valence-electron chi connectivity index (χ1n) is 5.74. The van der Waals surface area contributed by atoms with E-state index in [1.807, 2.05) is 13.0 Å². The molecule has 0 aliphatic heterocycles. The van der Waals surface area contributed by atoms with Gasteiger partial charge in [-0.1, -0.05) is 0 Å². The number of rotatable bonds is 6. The summed E-state index contributed by atoms with van der Waals surface area (Å²) in [5, 5.41) is 16.3. The molecule has 0 fully saturated rings. The topological polar surface area (TPSA) is 67.2 Å². The average Bonchev–Trinajstić information content (AvgIpc) is 2.94. The van der Waals surface area contributed by atoms with E-state index in [4.69, 9.17) is 0 Å². The number of hydrogen-bond donors (Lipinski definition) is 2. The monoisotopic (exact) mass is 343 g/mol. The molecule has 0 spiro atoms. The van der Waals surface area contributed by atoms with Crippen molar-refractivity contribution in [3.05, 3.63) is 38.8 Å². The molecule has 2 aromatic heterocycles. The Hall–Kier alpha value is -1.18. The Kier molecular flexibility index (Phi) is 4.73. The Morgan fingerprint density at radius 1 is 1.68 bits per heavy atom. The summed E-state index contributed by atoms with van der Waals surface area (Å²) in [7, 11) is 0. The molecule has 5 nitrogen and oxygen atoms in total. The maximum absolute atomic E-state index is 11.2. The number of carboxylic acid groups (broad SMARTS) is 1. The lowest BCUT2D eigenvalue weighted by Gasteiger charge is -2.14. The van der Waals surface area contributed by atoms with Gasteiger partial charge in [-0.15, -0.1) is 11.3 Å². The predicted molar refractivity (Wildman–Crippen MR) is 77.2 cm³/mol. The molecule has 0 radical (unpaired) electrons. The van der Waals surface area contributed by atoms with Crippen LogP contribution in [0.25, 0.3) is 0 Å². The summed E-state index contributed by atoms with van der Waals surface area (Å²) in [6, 6.07) is 3.16. The number of hydrogen-bond acceptors (Lipinski definition) is 4. The Morgan fingerprint density at radius 3 is 3.00 bits per heavy atom. The van der Waals surface area contributed by atoms with Gasteiger partial charge in [0.25, 0.3) is 0 Å². The van der Waals surface area contributed by atoms with Gasteiger partial charge in [-0.2, -0.15) is 5.10 Å². The standard InChI is InChI=1S/C12H14BrN3O2S/c1-8-5-11(13)19-10(8)6-14-9(12(17)18)7-16-4-2-3-15-16/h2-5,9,14H,6-7H2,1H3,(H,17,18). The van der Waals surface area contributed by atoms with Crippen LogP contribution in [0.1, 0.15) is 10.4 Å². The molecule has 2 aromatic rings. The fourth-order valence-corrected chi connectivity index (χ4v) is 3.47. The fraction of sp³-hybridized carbons (Fsp3) is 0.333. The van der Waals surface area contributed by atoms with Gasteiger partial charge in [-0.3, -0.25) is 14.8 Å². The largest absolute Gasteiger partial charge is 0.480 e. The van der Waals surface area contributed by atoms with E-state index in [1.54, 1.807) is 34.5 Å². The minimum atomic E-state index is -0.872. The van der Waals surface area contributed by atoms with Gasteiger partial charge in [0.15, 0.2) is 0 Å². The van der Waals surface area contributed by atoms with E-state index in [-0.39, 0.29) is 0 Å². The Balaban J connectivity index is 1.97. The number of nitrogens with zero attached hydrogens (tertiary/aromatic N) is 2. The predicted octanol–water partition coefficient (Wildman–Crippen LogP) is 2.26. The normalized spacial score (nSPS) is 12.5. The third-order valence-corrected chi connectivity index (χ3v) is 4.47. The molecule has 2 heterocycles. The molecule has 0 bridgehead atoms. The summed E-state index contributed by atoms with van der Waals surface area (Å²) in [5.74, 6) is -0.872. The first kappa shape index (κ1) is 14.2. The van der Waals surface area contributed by atoms with Crippen LogP contribution in [0.15, 0.2) is 28.3 Å². The van der Waals surface area contributed by atoms with Crippen LogP contribution in [0.2, 0.25) is 0 Å². The molecule has 2 N–H and O–H groups in total. The van der Waals surface area contributed by atoms with Crippen molar-refractivity contribution in [3.63, 3.8) is 0 Å². The smallest absolute Gasteiger partial charge is 0.322 e. The van der Waals surface area contributed by atoms with Crippen LogP contribution in [0.5, 0.6) is 0 Å². The fourth-order valence-electron chi connectivity index (χ4n) is 1.70. The highest BCUT2D eigenvalue weighted by atomic mass is 79.9. The molecule has 7 heteroatoms. The molecule has 0 aromatic carbocycles. The number of carbonyl (C=O) groups is 1. The quantitative estimate of drug-likeness (QED) is 0.844. The summed E-state index contributed by atoms with van der Waals surface area (Å²) < 4.78 is 2.67. The van der Waals surface area contributed by atoms with E-state index < -0.39 is 12.0 Å². The van der Waals surface area contributed by atoms with E-state index >= 15 is 0 Å². The molecule has 0 aliphatic rings. The third kappa shape index (κ3) is 3.89. The average molecular weight is 344 g/mol. The molecule has 102 valence electrons. The van der Waals surface area contributed by atoms with Crippen molar-refractivity contribution in [1.82, 2.24) is 15.1 Å². The lowest BCUT2D eigenvalue weighted by atomic mass is 10.2. The Labute approximate surface area is 123 Å². The molecular weight excluding hydrogens is 330 g/mol. The van der Waals surface area contributed by atoms with Crippen LogP contribution in [0, 0.1) is 6.92 Å². The highest BCUT2D eigenvalue weighted by Crippen LogP contribution is 2.26. The highest BCUT2D eigenvalue weighted by Gasteiger charge is 2.18. The van der Waals surface area contributed by atoms with Gasteiger partial charge < -0.3 is 5.11 Å². The summed E-state index contributed by atoms with van der Waals surface area (Å²) in [4.78, 5) is 12.4. The first-order chi connectivity index (χ1) is 9.06. The molecule has 0 amide bonds. The molecule has 0 saturated heterocycles. The van der Waals surface area contributed by atoms with Crippen molar-refractivity contribution in [1.29, 1.82) is 0 Å². The van der Waals surface area contributed by atoms with Crippen LogP contribution in [0.3, 0.4) is 0 Å². The first-order valence-corrected chi connectivity index (χ1v) is 7.35. The number of aryl methyl sites for hydroxylation is 1. The summed E-state index contributed by atoms with van der Waals surface area (Å²) in [5.41, 5.74) is 1.16. The van der Waals surface area contributed by atoms with E-state index in [2.05, 4.69) is 26.3 Å². The number of nitrogens with one attached hydrogen (secondary N) is 1. The van der Waals surface area contributed by atoms with Crippen LogP contribution < -0.4 is 5.32 Å². The van der Waals surface area contributed by atoms with Crippen LogP contribution in [-0.2, 0) is 17.9 Å². The van der Waals surface area contributed by atoms with Gasteiger partial charge in [-0.05, 0) is 40.5 Å². The van der Waals surface area contributed by atoms with Crippen LogP contribution in [0.4, 0.5) is 0 Å². The van der Waals surface area contributed by atoms with Gasteiger partial charge in [0.1, 0.15) is 6.04 Å². The van der Waals surface area contributed by atoms with Crippen molar-refractivity contribution in [3.8, 4) is 0 Å². The SMILES string of the molecule is Cc1cc(Br)sc1CNC(Cn1cccn1)C(=O)O. The van der Waals surface area contributed by atoms with Gasteiger partial charge in [-0.25, -0.2) is 0 Å². The van der Waals surface area contributed by atoms with Gasteiger partial charge in [0.05, 0.1) is 10.3 Å². The zero-order valence-electron chi connectivity index (χ0n) is 10.3. The Morgan fingerprint density at radius 2 is 2.47 bits per heavy atom. The molecular formula is C12H14BrN3O2S. The van der Waals surface area contributed by atoms with Crippen molar-refractivity contribution >= 4 is 33.2 Å². The number of halogens is 1. The van der Waals surface area contributed by atoms with E-state index in [0.29, 0.717) is 13.1 Å². The number of thiophene rings is 1. The second kappa shape index (κ2) is 6.31. The summed E-state index contributed by atoms with van der Waals surface area (Å²) in [6.07, 6.45) is 3.39. The van der Waals surface area contributed by atoms with Gasteiger partial charge in [0, 0.05) is 23.8 Å². The molecule has 0 aliphatic carbocycles. The van der Waals surface area contributed by atoms with Gasteiger partial charge >= 0.3 is 5.97 Å². The van der Waals surface area contributed by atoms with Crippen LogP contribution in [-0.4, -0.2) is 26.9 Å². The van der Waals surface area contributed by atoms with Gasteiger partial charge in [0.2, 0.25) is 0 Å². The minimum absolute atomic E-state index is 0.313. The number of carboxylic acids is 1. The summed E-state index contributed by atoms with van der Waals surface area (Å²) >= 11 is 5.04. The van der Waals surface area contributed by atoms with E-state index in [9.17, 15) is 9.90 Å². The van der Waals surface area contributed by atoms with Crippen molar-refractivity contribution in [2.45, 2.75) is 26.1 Å². The number of aliphatic carboxylic acids is 1. The van der Waals surface area contributed by atoms with Crippen molar-refractivity contribution < 1.29 is 9.90 Å². The highest BCUT2D eigenvalue weighted by molar-refractivity contribution is 9.11. The van der Waals surface area contributed by atoms with E-state index in [1.165, 1.54) is 0 Å². The summed E-state index contributed by atoms with van der Waals surface area (Å²) in [6.45, 7) is 2.87. The minimum Gasteiger partial charge on any atom is -0.480 e. The maximum Gasteiger partial charge on any atom is 0.322 e. The maximum atomic E-state index is 11.2. The zero-order valence-corrected chi connectivity index (χ0v) is 12.7. The lowest BCUT2D eigenvalue weighted by Crippen LogP contribution is -2.39. The lowest BCUT2D eigenvalue weighted by molar-refractivity contribution is -0.140. The molecule has 1 atom stereocenters. The van der Waals surface area contributed by atoms with Crippen molar-refractivity contribution in [2.24, 2.45) is 0 Å². The molecule has 19 heavy (non-hydrogen) atoms. The molecule has 0 saturated carbocycles.